The van der Waals surface area contributed by atoms with Crippen molar-refractivity contribution in [3.63, 3.8) is 0 Å². The molecule has 7 nitrogen and oxygen atoms in total. The first kappa shape index (κ1) is 10.3. The van der Waals surface area contributed by atoms with E-state index in [0.29, 0.717) is 10.7 Å². The molecular formula is C7H14N6O. The summed E-state index contributed by atoms with van der Waals surface area (Å²) in [5, 5.41) is 11.0. The molecule has 78 valence electrons. The van der Waals surface area contributed by atoms with Gasteiger partial charge in [-0.15, -0.1) is 0 Å². The Balaban J connectivity index is 3.11. The minimum atomic E-state index is -0.181. The molecule has 1 aromatic rings. The van der Waals surface area contributed by atoms with Crippen molar-refractivity contribution >= 4 is 17.8 Å². The molecule has 0 saturated heterocycles. The second kappa shape index (κ2) is 3.95. The van der Waals surface area contributed by atoms with Gasteiger partial charge >= 0.3 is 17.8 Å². The quantitative estimate of drug-likeness (QED) is 0.482. The lowest BCUT2D eigenvalue weighted by atomic mass is 10.5. The molecule has 0 fully saturated rings. The van der Waals surface area contributed by atoms with Crippen LogP contribution >= 0.6 is 0 Å². The van der Waals surface area contributed by atoms with E-state index in [4.69, 9.17) is 11.5 Å². The molecule has 0 unspecified atom stereocenters. The van der Waals surface area contributed by atoms with Gasteiger partial charge in [0, 0.05) is 13.1 Å². The van der Waals surface area contributed by atoms with Crippen molar-refractivity contribution in [3.8, 4) is 0 Å². The van der Waals surface area contributed by atoms with Crippen molar-refractivity contribution in [2.24, 2.45) is 0 Å². The van der Waals surface area contributed by atoms with E-state index in [1.54, 1.807) is 0 Å². The molecule has 1 aromatic heterocycles. The lowest BCUT2D eigenvalue weighted by molar-refractivity contribution is -0.579. The van der Waals surface area contributed by atoms with E-state index >= 15 is 0 Å². The second-order valence-corrected chi connectivity index (χ2v) is 2.71. The predicted molar refractivity (Wildman–Crippen MR) is 53.4 cm³/mol. The average molecular weight is 198 g/mol. The summed E-state index contributed by atoms with van der Waals surface area (Å²) in [5.41, 5.74) is 10.7. The molecule has 0 radical (unpaired) electrons. The molecule has 0 aromatic carbocycles. The summed E-state index contributed by atoms with van der Waals surface area (Å²) in [6.45, 7) is 5.38. The van der Waals surface area contributed by atoms with Gasteiger partial charge in [0.2, 0.25) is 0 Å². The molecule has 0 bridgehead atoms. The van der Waals surface area contributed by atoms with Crippen LogP contribution in [-0.4, -0.2) is 23.1 Å². The number of hydrogen-bond donors (Lipinski definition) is 2. The van der Waals surface area contributed by atoms with Gasteiger partial charge in [0.05, 0.1) is 0 Å². The van der Waals surface area contributed by atoms with Gasteiger partial charge in [0.15, 0.2) is 0 Å². The van der Waals surface area contributed by atoms with Crippen LogP contribution < -0.4 is 21.1 Å². The van der Waals surface area contributed by atoms with Crippen molar-refractivity contribution in [3.05, 3.63) is 5.21 Å². The summed E-state index contributed by atoms with van der Waals surface area (Å²) >= 11 is 0. The number of hydrogen-bond acceptors (Lipinski definition) is 6. The number of nitrogens with zero attached hydrogens (tertiary/aromatic N) is 4. The molecule has 0 aliphatic carbocycles. The highest BCUT2D eigenvalue weighted by Crippen LogP contribution is 2.07. The number of aromatic nitrogens is 3. The minimum absolute atomic E-state index is 0.181. The minimum Gasteiger partial charge on any atom is -0.762 e. The molecule has 0 spiro atoms. The van der Waals surface area contributed by atoms with Crippen LogP contribution in [0, 0.1) is 5.21 Å². The lowest BCUT2D eigenvalue weighted by Gasteiger charge is -2.17. The highest BCUT2D eigenvalue weighted by atomic mass is 16.5. The fraction of sp³-hybridized carbons (Fsp3) is 0.571. The maximum absolute atomic E-state index is 11.0. The standard InChI is InChI=1S/C7H14N6O/c1-3-12(4-2)7-10-5(8)13(14)6(9)11-7/h3-4H2,1-2H3,(H4,8,9,10,11). The fourth-order valence-electron chi connectivity index (χ4n) is 1.09. The van der Waals surface area contributed by atoms with Crippen LogP contribution in [0.1, 0.15) is 13.8 Å². The Morgan fingerprint density at radius 2 is 1.64 bits per heavy atom. The van der Waals surface area contributed by atoms with Crippen LogP contribution in [0.5, 0.6) is 0 Å². The first-order valence-corrected chi connectivity index (χ1v) is 4.37. The summed E-state index contributed by atoms with van der Waals surface area (Å²) < 4.78 is 0.299. The molecule has 4 N–H and O–H groups in total. The third-order valence-corrected chi connectivity index (χ3v) is 1.89. The van der Waals surface area contributed by atoms with Gasteiger partial charge in [-0.25, -0.2) is 4.73 Å². The SMILES string of the molecule is CCN(CC)c1nc(N)[n+]([O-])c(N)n1. The Bertz CT molecular complexity index is 301. The monoisotopic (exact) mass is 198 g/mol. The zero-order chi connectivity index (χ0) is 10.7. The van der Waals surface area contributed by atoms with Gasteiger partial charge < -0.3 is 21.6 Å². The third kappa shape index (κ3) is 1.76. The van der Waals surface area contributed by atoms with Crippen LogP contribution in [0.4, 0.5) is 17.8 Å². The highest BCUT2D eigenvalue weighted by molar-refractivity contribution is 5.35. The van der Waals surface area contributed by atoms with E-state index in [1.165, 1.54) is 0 Å². The van der Waals surface area contributed by atoms with E-state index in [0.717, 1.165) is 13.1 Å². The van der Waals surface area contributed by atoms with Crippen LogP contribution in [-0.2, 0) is 0 Å². The van der Waals surface area contributed by atoms with Crippen molar-refractivity contribution in [1.82, 2.24) is 9.97 Å². The van der Waals surface area contributed by atoms with Crippen molar-refractivity contribution < 1.29 is 4.73 Å². The van der Waals surface area contributed by atoms with Crippen molar-refractivity contribution in [2.45, 2.75) is 13.8 Å². The Morgan fingerprint density at radius 3 is 2.00 bits per heavy atom. The Labute approximate surface area is 81.9 Å². The molecule has 14 heavy (non-hydrogen) atoms. The maximum Gasteiger partial charge on any atom is 0.322 e. The molecule has 1 heterocycles. The lowest BCUT2D eigenvalue weighted by Crippen LogP contribution is -2.38. The van der Waals surface area contributed by atoms with Crippen molar-refractivity contribution in [2.75, 3.05) is 29.5 Å². The van der Waals surface area contributed by atoms with E-state index in [-0.39, 0.29) is 11.9 Å². The summed E-state index contributed by atoms with van der Waals surface area (Å²) in [6, 6.07) is 0. The molecule has 0 saturated carbocycles. The third-order valence-electron chi connectivity index (χ3n) is 1.89. The molecule has 1 rings (SSSR count). The number of nitrogen functional groups attached to an aromatic ring is 2. The topological polar surface area (TPSA) is 108 Å². The summed E-state index contributed by atoms with van der Waals surface area (Å²) in [4.78, 5) is 9.53. The smallest absolute Gasteiger partial charge is 0.322 e. The van der Waals surface area contributed by atoms with Crippen LogP contribution in [0.15, 0.2) is 0 Å². The molecule has 0 aliphatic rings. The van der Waals surface area contributed by atoms with Crippen LogP contribution in [0.3, 0.4) is 0 Å². The van der Waals surface area contributed by atoms with Gasteiger partial charge in [0.25, 0.3) is 0 Å². The summed E-state index contributed by atoms with van der Waals surface area (Å²) in [7, 11) is 0. The highest BCUT2D eigenvalue weighted by Gasteiger charge is 2.14. The zero-order valence-corrected chi connectivity index (χ0v) is 8.27. The second-order valence-electron chi connectivity index (χ2n) is 2.71. The van der Waals surface area contributed by atoms with Gasteiger partial charge in [-0.2, -0.15) is 0 Å². The first-order chi connectivity index (χ1) is 6.60. The Kier molecular flexibility index (Phi) is 2.90. The molecule has 0 amide bonds. The number of anilines is 3. The molecular weight excluding hydrogens is 184 g/mol. The van der Waals surface area contributed by atoms with Gasteiger partial charge in [-0.05, 0) is 13.8 Å². The normalized spacial score (nSPS) is 10.1. The van der Waals surface area contributed by atoms with E-state index in [2.05, 4.69) is 9.97 Å². The molecule has 0 aliphatic heterocycles. The first-order valence-electron chi connectivity index (χ1n) is 4.37. The number of rotatable bonds is 3. The summed E-state index contributed by atoms with van der Waals surface area (Å²) in [5.74, 6) is 0.0240. The maximum atomic E-state index is 11.0. The van der Waals surface area contributed by atoms with E-state index in [1.807, 2.05) is 18.7 Å². The van der Waals surface area contributed by atoms with Crippen LogP contribution in [0.2, 0.25) is 0 Å². The van der Waals surface area contributed by atoms with Crippen LogP contribution in [0.25, 0.3) is 0 Å². The number of nitrogens with two attached hydrogens (primary N) is 2. The predicted octanol–water partition coefficient (Wildman–Crippen LogP) is -0.879. The van der Waals surface area contributed by atoms with E-state index in [9.17, 15) is 5.21 Å². The van der Waals surface area contributed by atoms with Gasteiger partial charge in [-0.3, -0.25) is 0 Å². The Morgan fingerprint density at radius 1 is 1.21 bits per heavy atom. The fourth-order valence-corrected chi connectivity index (χ4v) is 1.09. The van der Waals surface area contributed by atoms with E-state index < -0.39 is 0 Å². The average Bonchev–Trinajstić information content (AvgIpc) is 2.16. The van der Waals surface area contributed by atoms with Crippen molar-refractivity contribution in [1.29, 1.82) is 0 Å². The zero-order valence-electron chi connectivity index (χ0n) is 8.27. The molecule has 0 atom stereocenters. The van der Waals surface area contributed by atoms with Gasteiger partial charge in [-0.1, -0.05) is 9.97 Å². The summed E-state index contributed by atoms with van der Waals surface area (Å²) in [6.07, 6.45) is 0. The van der Waals surface area contributed by atoms with Gasteiger partial charge in [0.1, 0.15) is 0 Å². The molecule has 7 heteroatoms. The largest absolute Gasteiger partial charge is 0.762 e. The Hall–Kier alpha value is -1.79.